The van der Waals surface area contributed by atoms with Gasteiger partial charge in [-0.2, -0.15) is 0 Å². The zero-order chi connectivity index (χ0) is 7.56. The molecule has 0 aliphatic carbocycles. The summed E-state index contributed by atoms with van der Waals surface area (Å²) < 4.78 is 0. The number of nitrogens with zero attached hydrogens (tertiary/aromatic N) is 1. The van der Waals surface area contributed by atoms with E-state index in [4.69, 9.17) is 18.2 Å². The summed E-state index contributed by atoms with van der Waals surface area (Å²) in [7, 11) is 0. The lowest BCUT2D eigenvalue weighted by Crippen LogP contribution is -1.80. The maximum absolute atomic E-state index is 6.75. The first-order valence-electron chi connectivity index (χ1n) is 2.85. The zero-order valence-corrected chi connectivity index (χ0v) is 7.04. The summed E-state index contributed by atoms with van der Waals surface area (Å²) in [5.74, 6) is 0. The topological polar surface area (TPSA) is 4.36 Å². The fourth-order valence-corrected chi connectivity index (χ4v) is 1.87. The van der Waals surface area contributed by atoms with Gasteiger partial charge in [-0.1, -0.05) is 11.6 Å². The number of halogens is 1. The van der Waals surface area contributed by atoms with Gasteiger partial charge in [-0.15, -0.1) is 11.3 Å². The van der Waals surface area contributed by atoms with Crippen LogP contribution in [0.25, 0.3) is 4.85 Å². The Balaban J connectivity index is 2.96. The van der Waals surface area contributed by atoms with Crippen LogP contribution in [-0.2, 0) is 0 Å². The van der Waals surface area contributed by atoms with E-state index in [0.717, 1.165) is 4.88 Å². The minimum absolute atomic E-state index is 0.0903. The fraction of sp³-hybridized carbons (Fsp3) is 0.286. The molecule has 1 heterocycles. The molecule has 0 saturated carbocycles. The maximum atomic E-state index is 6.75. The van der Waals surface area contributed by atoms with E-state index in [1.54, 1.807) is 0 Å². The van der Waals surface area contributed by atoms with Gasteiger partial charge in [-0.05, 0) is 11.4 Å². The first-order chi connectivity index (χ1) is 4.75. The summed E-state index contributed by atoms with van der Waals surface area (Å²) in [6.45, 7) is 8.61. The molecule has 0 saturated heterocycles. The van der Waals surface area contributed by atoms with Crippen LogP contribution in [0.3, 0.4) is 0 Å². The van der Waals surface area contributed by atoms with E-state index in [0.29, 0.717) is 5.02 Å². The lowest BCUT2D eigenvalue weighted by atomic mass is 10.3. The zero-order valence-electron chi connectivity index (χ0n) is 5.47. The molecule has 1 aromatic heterocycles. The van der Waals surface area contributed by atoms with Crippen LogP contribution < -0.4 is 0 Å². The molecule has 52 valence electrons. The summed E-state index contributed by atoms with van der Waals surface area (Å²) in [5, 5.41) is 2.62. The molecule has 1 rings (SSSR count). The Morgan fingerprint density at radius 2 is 2.50 bits per heavy atom. The van der Waals surface area contributed by atoms with Crippen LogP contribution in [0.2, 0.25) is 5.02 Å². The van der Waals surface area contributed by atoms with Crippen molar-refractivity contribution < 1.29 is 0 Å². The highest BCUT2D eigenvalue weighted by atomic mass is 35.5. The third-order valence-corrected chi connectivity index (χ3v) is 2.75. The van der Waals surface area contributed by atoms with E-state index in [1.165, 1.54) is 11.3 Å². The predicted octanol–water partition coefficient (Wildman–Crippen LogP) is 3.38. The SMILES string of the molecule is [C-]#[N+]C(C)c1sccc1Cl. The Kier molecular flexibility index (Phi) is 2.31. The summed E-state index contributed by atoms with van der Waals surface area (Å²) in [6, 6.07) is 1.73. The summed E-state index contributed by atoms with van der Waals surface area (Å²) in [4.78, 5) is 4.34. The molecule has 0 aromatic carbocycles. The van der Waals surface area contributed by atoms with Gasteiger partial charge < -0.3 is 4.85 Å². The van der Waals surface area contributed by atoms with Gasteiger partial charge >= 0.3 is 0 Å². The standard InChI is InChI=1S/C7H6ClNS/c1-5(9-2)7-6(8)3-4-10-7/h3-5H,1H3. The minimum Gasteiger partial charge on any atom is -0.308 e. The van der Waals surface area contributed by atoms with Crippen molar-refractivity contribution in [2.75, 3.05) is 0 Å². The van der Waals surface area contributed by atoms with Gasteiger partial charge in [0.25, 0.3) is 6.04 Å². The first-order valence-corrected chi connectivity index (χ1v) is 4.11. The lowest BCUT2D eigenvalue weighted by Gasteiger charge is -1.93. The second-order valence-electron chi connectivity index (χ2n) is 1.94. The van der Waals surface area contributed by atoms with Gasteiger partial charge in [0.05, 0.1) is 5.02 Å². The fourth-order valence-electron chi connectivity index (χ4n) is 0.662. The predicted molar refractivity (Wildman–Crippen MR) is 44.3 cm³/mol. The average Bonchev–Trinajstić information content (AvgIpc) is 2.34. The number of thiophene rings is 1. The van der Waals surface area contributed by atoms with Crippen LogP contribution in [0.4, 0.5) is 0 Å². The molecule has 0 aliphatic rings. The molecule has 0 amide bonds. The molecule has 0 spiro atoms. The highest BCUT2D eigenvalue weighted by molar-refractivity contribution is 7.10. The van der Waals surface area contributed by atoms with Crippen LogP contribution in [0, 0.1) is 6.57 Å². The molecular weight excluding hydrogens is 166 g/mol. The van der Waals surface area contributed by atoms with Gasteiger partial charge in [0.1, 0.15) is 4.88 Å². The summed E-state index contributed by atoms with van der Waals surface area (Å²) in [5.41, 5.74) is 0. The van der Waals surface area contributed by atoms with E-state index < -0.39 is 0 Å². The second kappa shape index (κ2) is 3.05. The van der Waals surface area contributed by atoms with Crippen molar-refractivity contribution in [3.05, 3.63) is 32.8 Å². The van der Waals surface area contributed by atoms with E-state index in [9.17, 15) is 0 Å². The Labute approximate surface area is 69.1 Å². The minimum atomic E-state index is -0.0903. The molecule has 10 heavy (non-hydrogen) atoms. The number of hydrogen-bond acceptors (Lipinski definition) is 1. The Hall–Kier alpha value is -0.520. The Bertz CT molecular complexity index is 261. The van der Waals surface area contributed by atoms with E-state index >= 15 is 0 Å². The molecule has 1 aromatic rings. The largest absolute Gasteiger partial charge is 0.308 e. The molecule has 0 aliphatic heterocycles. The molecule has 3 heteroatoms. The molecule has 1 atom stereocenters. The van der Waals surface area contributed by atoms with Crippen LogP contribution >= 0.6 is 22.9 Å². The van der Waals surface area contributed by atoms with Crippen molar-refractivity contribution in [3.8, 4) is 0 Å². The van der Waals surface area contributed by atoms with E-state index in [2.05, 4.69) is 4.85 Å². The second-order valence-corrected chi connectivity index (χ2v) is 3.29. The normalized spacial score (nSPS) is 12.5. The first kappa shape index (κ1) is 7.59. The number of hydrogen-bond donors (Lipinski definition) is 0. The van der Waals surface area contributed by atoms with Crippen LogP contribution in [-0.4, -0.2) is 0 Å². The van der Waals surface area contributed by atoms with E-state index in [1.807, 2.05) is 18.4 Å². The third-order valence-electron chi connectivity index (χ3n) is 1.22. The van der Waals surface area contributed by atoms with Crippen LogP contribution in [0.15, 0.2) is 11.4 Å². The Morgan fingerprint density at radius 3 is 2.90 bits per heavy atom. The average molecular weight is 172 g/mol. The van der Waals surface area contributed by atoms with Gasteiger partial charge in [0.2, 0.25) is 0 Å². The van der Waals surface area contributed by atoms with Gasteiger partial charge in [-0.25, -0.2) is 6.57 Å². The molecule has 1 unspecified atom stereocenters. The lowest BCUT2D eigenvalue weighted by molar-refractivity contribution is 0.991. The number of rotatable bonds is 1. The Morgan fingerprint density at radius 1 is 1.80 bits per heavy atom. The van der Waals surface area contributed by atoms with Crippen molar-refractivity contribution in [2.45, 2.75) is 13.0 Å². The molecule has 1 nitrogen and oxygen atoms in total. The smallest absolute Gasteiger partial charge is 0.256 e. The van der Waals surface area contributed by atoms with Crippen molar-refractivity contribution in [2.24, 2.45) is 0 Å². The van der Waals surface area contributed by atoms with Crippen molar-refractivity contribution in [3.63, 3.8) is 0 Å². The van der Waals surface area contributed by atoms with Crippen molar-refractivity contribution in [1.29, 1.82) is 0 Å². The van der Waals surface area contributed by atoms with Crippen LogP contribution in [0.1, 0.15) is 17.8 Å². The molecule has 0 fully saturated rings. The van der Waals surface area contributed by atoms with Gasteiger partial charge in [0.15, 0.2) is 0 Å². The van der Waals surface area contributed by atoms with Crippen molar-refractivity contribution in [1.82, 2.24) is 0 Å². The van der Waals surface area contributed by atoms with E-state index in [-0.39, 0.29) is 6.04 Å². The highest BCUT2D eigenvalue weighted by Crippen LogP contribution is 2.30. The third kappa shape index (κ3) is 1.31. The van der Waals surface area contributed by atoms with Crippen LogP contribution in [0.5, 0.6) is 0 Å². The summed E-state index contributed by atoms with van der Waals surface area (Å²) in [6.07, 6.45) is 0. The van der Waals surface area contributed by atoms with Gasteiger partial charge in [-0.3, -0.25) is 0 Å². The molecular formula is C7H6ClNS. The quantitative estimate of drug-likeness (QED) is 0.571. The van der Waals surface area contributed by atoms with Crippen molar-refractivity contribution >= 4 is 22.9 Å². The molecule has 0 radical (unpaired) electrons. The monoisotopic (exact) mass is 171 g/mol. The summed E-state index contributed by atoms with van der Waals surface area (Å²) >= 11 is 7.32. The highest BCUT2D eigenvalue weighted by Gasteiger charge is 2.13. The maximum Gasteiger partial charge on any atom is 0.256 e. The molecule has 0 N–H and O–H groups in total. The molecule has 0 bridgehead atoms. The van der Waals surface area contributed by atoms with Gasteiger partial charge in [0, 0.05) is 6.92 Å².